The lowest BCUT2D eigenvalue weighted by atomic mass is 10.0. The Morgan fingerprint density at radius 2 is 2.25 bits per heavy atom. The van der Waals surface area contributed by atoms with E-state index in [9.17, 15) is 13.2 Å². The fraction of sp³-hybridized carbons (Fsp3) is 0.588. The van der Waals surface area contributed by atoms with Crippen molar-refractivity contribution in [2.75, 3.05) is 31.7 Å². The van der Waals surface area contributed by atoms with Gasteiger partial charge in [0.05, 0.1) is 24.7 Å². The molecule has 2 heterocycles. The number of fused-ring (bicyclic) bond motifs is 1. The molecule has 1 fully saturated rings. The lowest BCUT2D eigenvalue weighted by Crippen LogP contribution is -2.41. The summed E-state index contributed by atoms with van der Waals surface area (Å²) in [5.74, 6) is 1.23. The van der Waals surface area contributed by atoms with E-state index < -0.39 is 9.84 Å². The number of benzene rings is 1. The van der Waals surface area contributed by atoms with Gasteiger partial charge in [0.1, 0.15) is 5.75 Å². The van der Waals surface area contributed by atoms with Crippen molar-refractivity contribution in [3.05, 3.63) is 29.3 Å². The van der Waals surface area contributed by atoms with Crippen LogP contribution >= 0.6 is 0 Å². The molecule has 0 aliphatic carbocycles. The molecule has 0 saturated carbocycles. The Morgan fingerprint density at radius 1 is 1.42 bits per heavy atom. The molecule has 1 N–H and O–H groups in total. The normalized spacial score (nSPS) is 22.0. The van der Waals surface area contributed by atoms with Crippen LogP contribution < -0.4 is 10.1 Å². The number of rotatable bonds is 5. The van der Waals surface area contributed by atoms with Crippen molar-refractivity contribution in [2.24, 2.45) is 0 Å². The predicted octanol–water partition coefficient (Wildman–Crippen LogP) is 0.747. The van der Waals surface area contributed by atoms with Gasteiger partial charge in [-0.1, -0.05) is 12.1 Å². The largest absolute Gasteiger partial charge is 0.493 e. The van der Waals surface area contributed by atoms with Crippen molar-refractivity contribution in [1.29, 1.82) is 0 Å². The summed E-state index contributed by atoms with van der Waals surface area (Å²) in [6.07, 6.45) is 2.64. The van der Waals surface area contributed by atoms with Gasteiger partial charge >= 0.3 is 0 Å². The van der Waals surface area contributed by atoms with Gasteiger partial charge in [-0.2, -0.15) is 0 Å². The summed E-state index contributed by atoms with van der Waals surface area (Å²) in [4.78, 5) is 13.9. The number of amides is 1. The lowest BCUT2D eigenvalue weighted by Gasteiger charge is -2.22. The number of hydrogen-bond acceptors (Lipinski definition) is 5. The molecule has 0 spiro atoms. The third-order valence-electron chi connectivity index (χ3n) is 4.69. The molecule has 1 aromatic carbocycles. The number of aryl methyl sites for hydroxylation is 1. The smallest absolute Gasteiger partial charge is 0.234 e. The van der Waals surface area contributed by atoms with E-state index in [1.807, 2.05) is 17.0 Å². The molecule has 1 aromatic rings. The zero-order valence-electron chi connectivity index (χ0n) is 14.0. The average molecular weight is 352 g/mol. The topological polar surface area (TPSA) is 75.7 Å². The van der Waals surface area contributed by atoms with Crippen LogP contribution in [0.2, 0.25) is 0 Å². The van der Waals surface area contributed by atoms with Crippen LogP contribution in [0.5, 0.6) is 5.75 Å². The summed E-state index contributed by atoms with van der Waals surface area (Å²) >= 11 is 0. The number of nitrogens with zero attached hydrogens (tertiary/aromatic N) is 1. The molecule has 24 heavy (non-hydrogen) atoms. The third-order valence-corrected chi connectivity index (χ3v) is 6.44. The predicted molar refractivity (Wildman–Crippen MR) is 91.8 cm³/mol. The van der Waals surface area contributed by atoms with Gasteiger partial charge in [-0.25, -0.2) is 8.42 Å². The summed E-state index contributed by atoms with van der Waals surface area (Å²) < 4.78 is 28.6. The minimum atomic E-state index is -2.93. The highest BCUT2D eigenvalue weighted by atomic mass is 32.2. The molecule has 0 aromatic heterocycles. The Morgan fingerprint density at radius 3 is 3.00 bits per heavy atom. The minimum Gasteiger partial charge on any atom is -0.493 e. The molecule has 6 nitrogen and oxygen atoms in total. The van der Waals surface area contributed by atoms with Crippen molar-refractivity contribution in [1.82, 2.24) is 10.2 Å². The van der Waals surface area contributed by atoms with Gasteiger partial charge in [0.2, 0.25) is 5.91 Å². The van der Waals surface area contributed by atoms with E-state index in [1.54, 1.807) is 7.05 Å². The summed E-state index contributed by atoms with van der Waals surface area (Å²) in [6.45, 7) is 1.46. The molecule has 1 atom stereocenters. The van der Waals surface area contributed by atoms with Gasteiger partial charge in [0.15, 0.2) is 9.84 Å². The van der Waals surface area contributed by atoms with Crippen molar-refractivity contribution in [2.45, 2.75) is 31.8 Å². The quantitative estimate of drug-likeness (QED) is 0.846. The molecule has 2 aliphatic heterocycles. The van der Waals surface area contributed by atoms with Gasteiger partial charge in [-0.15, -0.1) is 0 Å². The first kappa shape index (κ1) is 17.2. The Balaban J connectivity index is 1.49. The third kappa shape index (κ3) is 4.27. The van der Waals surface area contributed by atoms with E-state index in [2.05, 4.69) is 11.4 Å². The first-order chi connectivity index (χ1) is 11.4. The van der Waals surface area contributed by atoms with Gasteiger partial charge in [0.25, 0.3) is 0 Å². The van der Waals surface area contributed by atoms with E-state index in [4.69, 9.17) is 4.74 Å². The zero-order valence-corrected chi connectivity index (χ0v) is 14.8. The molecule has 1 saturated heterocycles. The van der Waals surface area contributed by atoms with E-state index in [-0.39, 0.29) is 30.0 Å². The van der Waals surface area contributed by atoms with Crippen LogP contribution in [0.3, 0.4) is 0 Å². The van der Waals surface area contributed by atoms with E-state index >= 15 is 0 Å². The van der Waals surface area contributed by atoms with Crippen molar-refractivity contribution in [3.63, 3.8) is 0 Å². The van der Waals surface area contributed by atoms with Gasteiger partial charge < -0.3 is 10.1 Å². The minimum absolute atomic E-state index is 0.0540. The fourth-order valence-corrected chi connectivity index (χ4v) is 5.06. The van der Waals surface area contributed by atoms with Crippen LogP contribution in [0.25, 0.3) is 0 Å². The molecular weight excluding hydrogens is 328 g/mol. The monoisotopic (exact) mass is 352 g/mol. The Labute approximate surface area is 143 Å². The number of sulfone groups is 1. The maximum Gasteiger partial charge on any atom is 0.234 e. The highest BCUT2D eigenvalue weighted by molar-refractivity contribution is 7.91. The van der Waals surface area contributed by atoms with E-state index in [0.29, 0.717) is 13.0 Å². The second-order valence-corrected chi connectivity index (χ2v) is 8.87. The zero-order chi connectivity index (χ0) is 17.2. The van der Waals surface area contributed by atoms with E-state index in [1.165, 1.54) is 5.56 Å². The second-order valence-electron chi connectivity index (χ2n) is 6.64. The Kier molecular flexibility index (Phi) is 5.10. The highest BCUT2D eigenvalue weighted by Gasteiger charge is 2.31. The van der Waals surface area contributed by atoms with Crippen molar-refractivity contribution in [3.8, 4) is 5.75 Å². The number of hydrogen-bond donors (Lipinski definition) is 1. The molecule has 3 rings (SSSR count). The number of likely N-dealkylation sites (N-methyl/N-ethyl adjacent to an activating group) is 1. The second kappa shape index (κ2) is 7.11. The SMILES string of the molecule is CN(CC(=O)NCc1ccc2c(c1)CCCO2)[C@H]1CCS(=O)(=O)C1. The van der Waals surface area contributed by atoms with Crippen LogP contribution in [0, 0.1) is 0 Å². The molecule has 7 heteroatoms. The maximum absolute atomic E-state index is 12.1. The maximum atomic E-state index is 12.1. The van der Waals surface area contributed by atoms with Crippen LogP contribution in [0.15, 0.2) is 18.2 Å². The number of nitrogens with one attached hydrogen (secondary N) is 1. The summed E-state index contributed by atoms with van der Waals surface area (Å²) in [5.41, 5.74) is 2.25. The molecule has 132 valence electrons. The Hall–Kier alpha value is -1.60. The van der Waals surface area contributed by atoms with Crippen LogP contribution in [0.1, 0.15) is 24.0 Å². The number of carbonyl (C=O) groups is 1. The summed E-state index contributed by atoms with van der Waals surface area (Å²) in [7, 11) is -1.12. The van der Waals surface area contributed by atoms with Crippen LogP contribution in [-0.4, -0.2) is 57.0 Å². The molecule has 1 amide bonds. The van der Waals surface area contributed by atoms with Gasteiger partial charge in [-0.05, 0) is 43.5 Å². The van der Waals surface area contributed by atoms with Gasteiger partial charge in [-0.3, -0.25) is 9.69 Å². The summed E-state index contributed by atoms with van der Waals surface area (Å²) in [5, 5.41) is 2.91. The molecule has 0 radical (unpaired) electrons. The average Bonchev–Trinajstić information content (AvgIpc) is 2.93. The molecule has 0 unspecified atom stereocenters. The fourth-order valence-electron chi connectivity index (χ4n) is 3.26. The van der Waals surface area contributed by atoms with Crippen LogP contribution in [0.4, 0.5) is 0 Å². The van der Waals surface area contributed by atoms with Crippen LogP contribution in [-0.2, 0) is 27.6 Å². The van der Waals surface area contributed by atoms with Crippen molar-refractivity contribution < 1.29 is 17.9 Å². The van der Waals surface area contributed by atoms with Crippen molar-refractivity contribution >= 4 is 15.7 Å². The first-order valence-corrected chi connectivity index (χ1v) is 10.2. The first-order valence-electron chi connectivity index (χ1n) is 8.35. The van der Waals surface area contributed by atoms with E-state index in [0.717, 1.165) is 30.8 Å². The highest BCUT2D eigenvalue weighted by Crippen LogP contribution is 2.25. The molecule has 0 bridgehead atoms. The lowest BCUT2D eigenvalue weighted by molar-refractivity contribution is -0.122. The summed E-state index contributed by atoms with van der Waals surface area (Å²) in [6, 6.07) is 5.97. The standard InChI is InChI=1S/C17H24N2O4S/c1-19(15-6-8-24(21,22)12-15)11-17(20)18-10-13-4-5-16-14(9-13)3-2-7-23-16/h4-5,9,15H,2-3,6-8,10-12H2,1H3,(H,18,20)/t15-/m0/s1. The number of ether oxygens (including phenoxy) is 1. The molecule has 2 aliphatic rings. The number of carbonyl (C=O) groups excluding carboxylic acids is 1. The van der Waals surface area contributed by atoms with Gasteiger partial charge in [0, 0.05) is 12.6 Å². The molecular formula is C17H24N2O4S. The Bertz CT molecular complexity index is 717.